The topological polar surface area (TPSA) is 78.9 Å². The summed E-state index contributed by atoms with van der Waals surface area (Å²) in [5.41, 5.74) is 0. The standard InChI is InChI=1S/C7H6O6/c8-5-3(1-2-11-5)4-6(9)13-7(10)12-4/h3-4H,1-2H2/t3-,4+/m0/s1. The smallest absolute Gasteiger partial charge is 0.465 e. The number of cyclic esters (lactones) is 4. The third-order valence-corrected chi connectivity index (χ3v) is 1.98. The Balaban J connectivity index is 2.12. The number of rotatable bonds is 1. The molecule has 0 radical (unpaired) electrons. The van der Waals surface area contributed by atoms with Crippen molar-refractivity contribution in [2.24, 2.45) is 5.92 Å². The van der Waals surface area contributed by atoms with E-state index in [9.17, 15) is 14.4 Å². The largest absolute Gasteiger partial charge is 0.517 e. The Kier molecular flexibility index (Phi) is 1.68. The van der Waals surface area contributed by atoms with Crippen LogP contribution in [0.1, 0.15) is 6.42 Å². The summed E-state index contributed by atoms with van der Waals surface area (Å²) in [6.45, 7) is 0.255. The first kappa shape index (κ1) is 8.03. The van der Waals surface area contributed by atoms with E-state index in [2.05, 4.69) is 14.2 Å². The summed E-state index contributed by atoms with van der Waals surface area (Å²) in [4.78, 5) is 32.4. The highest BCUT2D eigenvalue weighted by Crippen LogP contribution is 2.25. The minimum Gasteiger partial charge on any atom is -0.465 e. The fraction of sp³-hybridized carbons (Fsp3) is 0.571. The van der Waals surface area contributed by atoms with Crippen molar-refractivity contribution in [1.29, 1.82) is 0 Å². The van der Waals surface area contributed by atoms with E-state index in [4.69, 9.17) is 0 Å². The first-order valence-electron chi connectivity index (χ1n) is 3.77. The summed E-state index contributed by atoms with van der Waals surface area (Å²) in [5.74, 6) is -2.02. The molecule has 0 amide bonds. The van der Waals surface area contributed by atoms with Gasteiger partial charge >= 0.3 is 18.1 Å². The van der Waals surface area contributed by atoms with Crippen molar-refractivity contribution in [3.05, 3.63) is 0 Å². The number of hydrogen-bond donors (Lipinski definition) is 0. The molecule has 0 aliphatic carbocycles. The quantitative estimate of drug-likeness (QED) is 0.410. The summed E-state index contributed by atoms with van der Waals surface area (Å²) in [6.07, 6.45) is -1.77. The second-order valence-electron chi connectivity index (χ2n) is 2.77. The first-order valence-corrected chi connectivity index (χ1v) is 3.77. The lowest BCUT2D eigenvalue weighted by atomic mass is 10.0. The lowest BCUT2D eigenvalue weighted by Crippen LogP contribution is -2.30. The molecule has 2 heterocycles. The third kappa shape index (κ3) is 1.24. The van der Waals surface area contributed by atoms with Gasteiger partial charge in [-0.2, -0.15) is 0 Å². The molecule has 6 heteroatoms. The molecular weight excluding hydrogens is 180 g/mol. The zero-order chi connectivity index (χ0) is 9.42. The fourth-order valence-electron chi connectivity index (χ4n) is 1.35. The molecule has 2 saturated heterocycles. The number of hydrogen-bond acceptors (Lipinski definition) is 6. The average Bonchev–Trinajstić information content (AvgIpc) is 2.58. The first-order chi connectivity index (χ1) is 6.18. The normalized spacial score (nSPS) is 32.8. The average molecular weight is 186 g/mol. The predicted molar refractivity (Wildman–Crippen MR) is 35.4 cm³/mol. The van der Waals surface area contributed by atoms with Crippen molar-refractivity contribution >= 4 is 18.1 Å². The van der Waals surface area contributed by atoms with E-state index in [0.717, 1.165) is 0 Å². The van der Waals surface area contributed by atoms with E-state index in [1.165, 1.54) is 0 Å². The van der Waals surface area contributed by atoms with Gasteiger partial charge in [-0.3, -0.25) is 4.79 Å². The molecular formula is C7H6O6. The summed E-state index contributed by atoms with van der Waals surface area (Å²) in [7, 11) is 0. The number of carbonyl (C=O) groups excluding carboxylic acids is 3. The van der Waals surface area contributed by atoms with Gasteiger partial charge in [0.1, 0.15) is 5.92 Å². The van der Waals surface area contributed by atoms with Gasteiger partial charge in [-0.05, 0) is 6.42 Å². The highest BCUT2D eigenvalue weighted by molar-refractivity contribution is 5.94. The van der Waals surface area contributed by atoms with Crippen LogP contribution in [0.2, 0.25) is 0 Å². The lowest BCUT2D eigenvalue weighted by molar-refractivity contribution is -0.148. The summed E-state index contributed by atoms with van der Waals surface area (Å²) in [6, 6.07) is 0. The SMILES string of the molecule is O=C1OC(=O)[C@@H]([C@@H]2CCOC2=O)O1. The van der Waals surface area contributed by atoms with Crippen LogP contribution in [0.4, 0.5) is 4.79 Å². The molecule has 2 fully saturated rings. The van der Waals surface area contributed by atoms with Crippen molar-refractivity contribution in [2.45, 2.75) is 12.5 Å². The van der Waals surface area contributed by atoms with Crippen LogP contribution in [-0.2, 0) is 23.8 Å². The maximum atomic E-state index is 11.0. The zero-order valence-corrected chi connectivity index (χ0v) is 6.52. The van der Waals surface area contributed by atoms with Crippen LogP contribution in [0.3, 0.4) is 0 Å². The molecule has 13 heavy (non-hydrogen) atoms. The van der Waals surface area contributed by atoms with Crippen molar-refractivity contribution in [2.75, 3.05) is 6.61 Å². The predicted octanol–water partition coefficient (Wildman–Crippen LogP) is -0.389. The Morgan fingerprint density at radius 1 is 1.15 bits per heavy atom. The molecule has 6 nitrogen and oxygen atoms in total. The van der Waals surface area contributed by atoms with Crippen LogP contribution in [0.5, 0.6) is 0 Å². The number of ether oxygens (including phenoxy) is 3. The molecule has 2 aliphatic rings. The van der Waals surface area contributed by atoms with Gasteiger partial charge in [0.15, 0.2) is 0 Å². The number of esters is 2. The van der Waals surface area contributed by atoms with Gasteiger partial charge in [-0.15, -0.1) is 0 Å². The molecule has 0 aromatic carbocycles. The third-order valence-electron chi connectivity index (χ3n) is 1.98. The molecule has 0 spiro atoms. The molecule has 0 N–H and O–H groups in total. The number of carbonyl (C=O) groups is 3. The Morgan fingerprint density at radius 3 is 2.38 bits per heavy atom. The molecule has 0 saturated carbocycles. The minimum absolute atomic E-state index is 0.255. The van der Waals surface area contributed by atoms with Crippen LogP contribution in [0, 0.1) is 5.92 Å². The molecule has 0 aromatic rings. The van der Waals surface area contributed by atoms with E-state index in [0.29, 0.717) is 6.42 Å². The molecule has 2 rings (SSSR count). The van der Waals surface area contributed by atoms with Gasteiger partial charge in [0.2, 0.25) is 6.10 Å². The molecule has 2 atom stereocenters. The Bertz CT molecular complexity index is 283. The highest BCUT2D eigenvalue weighted by Gasteiger charge is 2.47. The Labute approximate surface area is 72.7 Å². The maximum absolute atomic E-state index is 11.0. The molecule has 2 aliphatic heterocycles. The van der Waals surface area contributed by atoms with Crippen molar-refractivity contribution < 1.29 is 28.6 Å². The van der Waals surface area contributed by atoms with Gasteiger partial charge < -0.3 is 14.2 Å². The van der Waals surface area contributed by atoms with E-state index < -0.39 is 30.1 Å². The summed E-state index contributed by atoms with van der Waals surface area (Å²) in [5, 5.41) is 0. The van der Waals surface area contributed by atoms with Gasteiger partial charge in [-0.1, -0.05) is 0 Å². The Hall–Kier alpha value is -1.59. The highest BCUT2D eigenvalue weighted by atomic mass is 16.8. The van der Waals surface area contributed by atoms with Crippen molar-refractivity contribution in [3.63, 3.8) is 0 Å². The summed E-state index contributed by atoms with van der Waals surface area (Å²) < 4.78 is 13.3. The van der Waals surface area contributed by atoms with E-state index in [1.807, 2.05) is 0 Å². The fourth-order valence-corrected chi connectivity index (χ4v) is 1.35. The molecule has 0 bridgehead atoms. The second-order valence-corrected chi connectivity index (χ2v) is 2.77. The van der Waals surface area contributed by atoms with Gasteiger partial charge in [0.25, 0.3) is 0 Å². The van der Waals surface area contributed by atoms with E-state index >= 15 is 0 Å². The van der Waals surface area contributed by atoms with Crippen LogP contribution < -0.4 is 0 Å². The monoisotopic (exact) mass is 186 g/mol. The van der Waals surface area contributed by atoms with Gasteiger partial charge in [0.05, 0.1) is 6.61 Å². The van der Waals surface area contributed by atoms with Crippen molar-refractivity contribution in [1.82, 2.24) is 0 Å². The van der Waals surface area contributed by atoms with Gasteiger partial charge in [-0.25, -0.2) is 9.59 Å². The molecule has 70 valence electrons. The van der Waals surface area contributed by atoms with E-state index in [1.54, 1.807) is 0 Å². The van der Waals surface area contributed by atoms with Crippen LogP contribution in [-0.4, -0.2) is 30.8 Å². The van der Waals surface area contributed by atoms with Crippen LogP contribution >= 0.6 is 0 Å². The lowest BCUT2D eigenvalue weighted by Gasteiger charge is -2.07. The summed E-state index contributed by atoms with van der Waals surface area (Å²) >= 11 is 0. The molecule has 0 aromatic heterocycles. The van der Waals surface area contributed by atoms with Gasteiger partial charge in [0, 0.05) is 0 Å². The van der Waals surface area contributed by atoms with Crippen molar-refractivity contribution in [3.8, 4) is 0 Å². The molecule has 0 unspecified atom stereocenters. The maximum Gasteiger partial charge on any atom is 0.517 e. The van der Waals surface area contributed by atoms with Crippen LogP contribution in [0.15, 0.2) is 0 Å². The minimum atomic E-state index is -1.11. The Morgan fingerprint density at radius 2 is 1.92 bits per heavy atom. The van der Waals surface area contributed by atoms with E-state index in [-0.39, 0.29) is 6.61 Å². The second kappa shape index (κ2) is 2.72. The van der Waals surface area contributed by atoms with Crippen LogP contribution in [0.25, 0.3) is 0 Å². The zero-order valence-electron chi connectivity index (χ0n) is 6.52.